The molecule has 6 aromatic heterocycles. The number of phosphoric acid groups is 4. The zero-order chi connectivity index (χ0) is 59.7. The van der Waals surface area contributed by atoms with Crippen molar-refractivity contribution in [2.75, 3.05) is 43.7 Å². The van der Waals surface area contributed by atoms with Crippen LogP contribution in [0.3, 0.4) is 0 Å². The number of nitrogen functional groups attached to an aromatic ring is 2. The van der Waals surface area contributed by atoms with Crippen LogP contribution in [0.5, 0.6) is 5.88 Å². The summed E-state index contributed by atoms with van der Waals surface area (Å²) in [6.45, 7) is -1.17. The summed E-state index contributed by atoms with van der Waals surface area (Å²) in [5, 5.41) is 57.0. The van der Waals surface area contributed by atoms with Gasteiger partial charge < -0.3 is 80.8 Å². The smallest absolute Gasteiger partial charge is 0.490 e. The minimum atomic E-state index is -6.22. The predicted octanol–water partition coefficient (Wildman–Crippen LogP) is -1.96. The highest BCUT2D eigenvalue weighted by molar-refractivity contribution is 7.66. The van der Waals surface area contributed by atoms with E-state index >= 15 is 0 Å². The molecule has 15 N–H and O–H groups in total. The van der Waals surface area contributed by atoms with E-state index in [4.69, 9.17) is 48.5 Å². The second-order valence-corrected chi connectivity index (χ2v) is 24.7. The summed E-state index contributed by atoms with van der Waals surface area (Å²) in [5.74, 6) is -0.971. The zero-order valence-corrected chi connectivity index (χ0v) is 46.5. The van der Waals surface area contributed by atoms with E-state index in [-0.39, 0.29) is 51.2 Å². The highest BCUT2D eigenvalue weighted by Crippen LogP contribution is 2.68. The standard InChI is InChI=1S/C40H51N15O24P4/c1-16-6-4-5-7-17(16)8-43-30-21-31(45-12-44-30)53(13-46-21)38-29(70-3)28(77-80(62,63)71-9-18-24(56)26(58)36(74-18)54-14-47-22-32(54)48-39(41)50-34(22)60)20(76-38)11-73-82(66,67)79-83(68,69)78-81(64,65)72-10-19-25(57)27(59)37(75-19)55-15-52(2)23-33(55)49-40(42)51-35(23)61/h4-7,12-15,18-20,24-29,36-38,56-59H,8-11H2,1-3H3,(H10-,41,42,43,44,45,48,49,50,51,60,61,62,63,64,65,66,67,68,69)/p+1/t18-,19-,20-,24?,25?,26+,27?,28?,29+,36-,37-,38-/m1/s1. The van der Waals surface area contributed by atoms with Crippen molar-refractivity contribution in [3.05, 3.63) is 71.1 Å². The van der Waals surface area contributed by atoms with Crippen molar-refractivity contribution < 1.29 is 114 Å². The van der Waals surface area contributed by atoms with E-state index in [1.807, 2.05) is 31.2 Å². The Kier molecular flexibility index (Phi) is 16.8. The molecule has 3 saturated heterocycles. The van der Waals surface area contributed by atoms with Crippen molar-refractivity contribution in [2.45, 2.75) is 87.1 Å². The first-order valence-corrected chi connectivity index (χ1v) is 30.1. The minimum Gasteiger partial charge on any atom is -0.490 e. The third-order valence-electron chi connectivity index (χ3n) is 13.2. The number of rotatable bonds is 22. The number of methoxy groups -OCH3 is 1. The van der Waals surface area contributed by atoms with E-state index in [9.17, 15) is 68.2 Å². The number of aromatic amines is 1. The average Bonchev–Trinajstić information content (AvgIpc) is 2.57. The lowest BCUT2D eigenvalue weighted by Crippen LogP contribution is -2.38. The van der Waals surface area contributed by atoms with Crippen LogP contribution in [0.4, 0.5) is 17.7 Å². The van der Waals surface area contributed by atoms with E-state index in [1.54, 1.807) is 0 Å². The van der Waals surface area contributed by atoms with Crippen molar-refractivity contribution in [2.24, 2.45) is 7.05 Å². The second-order valence-electron chi connectivity index (χ2n) is 18.7. The highest BCUT2D eigenvalue weighted by Gasteiger charge is 2.54. The monoisotopic (exact) mass is 1250 g/mol. The van der Waals surface area contributed by atoms with Crippen LogP contribution >= 0.6 is 31.3 Å². The van der Waals surface area contributed by atoms with Crippen LogP contribution < -0.4 is 26.9 Å². The molecule has 0 spiro atoms. The molecule has 0 bridgehead atoms. The summed E-state index contributed by atoms with van der Waals surface area (Å²) in [7, 11) is -21.0. The number of hydrogen-bond acceptors (Lipinski definition) is 30. The summed E-state index contributed by atoms with van der Waals surface area (Å²) in [6.07, 6.45) is -15.6. The van der Waals surface area contributed by atoms with E-state index < -0.39 is 136 Å². The molecule has 450 valence electrons. The molecule has 3 fully saturated rings. The van der Waals surface area contributed by atoms with Crippen LogP contribution in [-0.4, -0.2) is 181 Å². The number of anilines is 3. The van der Waals surface area contributed by atoms with Gasteiger partial charge >= 0.3 is 31.3 Å². The number of fused-ring (bicyclic) bond motifs is 3. The topological polar surface area (TPSA) is 548 Å². The van der Waals surface area contributed by atoms with E-state index in [2.05, 4.69) is 53.8 Å². The van der Waals surface area contributed by atoms with Crippen LogP contribution in [0.1, 0.15) is 29.8 Å². The fraction of sp³-hybridized carbons (Fsp3) is 0.475. The molecule has 0 aliphatic carbocycles. The SMILES string of the molecule is CO[C@H]1C(OP(=O)(O)OC[C@H]2O[C@@H](n3cnc4c(=O)[nH]c(N)nc43)[C@@H](O)C2O)[C@@H](COP(=O)(O)OP(=O)(O)OP(=O)(O)OC[C@H]2O[C@@H](n3c[n+](C)c4c(O)nc(N)nc43)C(O)C2O)O[C@H]1n1cnc2c(NCc3ccccc3C)ncnc21. The van der Waals surface area contributed by atoms with Gasteiger partial charge in [-0.15, -0.1) is 0 Å². The lowest BCUT2D eigenvalue weighted by atomic mass is 10.1. The number of nitrogens with zero attached hydrogens (tertiary/aromatic N) is 11. The van der Waals surface area contributed by atoms with Gasteiger partial charge in [0.05, 0.1) is 39.5 Å². The normalized spacial score (nSPS) is 28.6. The summed E-state index contributed by atoms with van der Waals surface area (Å²) >= 11 is 0. The maximum atomic E-state index is 13.9. The average molecular weight is 1250 g/mol. The number of phosphoric ester groups is 3. The third-order valence-corrected chi connectivity index (χ3v) is 18.4. The van der Waals surface area contributed by atoms with Gasteiger partial charge in [0.1, 0.15) is 61.3 Å². The zero-order valence-electron chi connectivity index (χ0n) is 42.9. The molecule has 43 heteroatoms. The first kappa shape index (κ1) is 60.2. The highest BCUT2D eigenvalue weighted by atomic mass is 31.3. The Morgan fingerprint density at radius 3 is 1.92 bits per heavy atom. The van der Waals surface area contributed by atoms with Gasteiger partial charge in [0, 0.05) is 13.7 Å². The molecule has 16 atom stereocenters. The van der Waals surface area contributed by atoms with Crippen molar-refractivity contribution in [1.29, 1.82) is 0 Å². The van der Waals surface area contributed by atoms with Crippen LogP contribution in [0, 0.1) is 6.92 Å². The molecule has 0 saturated carbocycles. The molecule has 3 aliphatic rings. The van der Waals surface area contributed by atoms with Gasteiger partial charge in [-0.3, -0.25) is 37.0 Å². The number of aryl methyl sites for hydroxylation is 2. The predicted molar refractivity (Wildman–Crippen MR) is 272 cm³/mol. The summed E-state index contributed by atoms with van der Waals surface area (Å²) in [5.41, 5.74) is 12.4. The maximum Gasteiger partial charge on any atom is 0.490 e. The number of ether oxygens (including phenoxy) is 4. The molecule has 9 heterocycles. The quantitative estimate of drug-likeness (QED) is 0.0259. The number of H-pyrrole nitrogens is 1. The number of aromatic hydroxyl groups is 1. The molecule has 8 unspecified atom stereocenters. The minimum absolute atomic E-state index is 0.0322. The number of aliphatic hydroxyl groups is 4. The molecular formula is C40H52N15O24P4+. The Labute approximate surface area is 463 Å². The van der Waals surface area contributed by atoms with Crippen molar-refractivity contribution in [3.8, 4) is 5.88 Å². The first-order chi connectivity index (χ1) is 39.1. The van der Waals surface area contributed by atoms with E-state index in [0.717, 1.165) is 33.7 Å². The molecule has 39 nitrogen and oxygen atoms in total. The van der Waals surface area contributed by atoms with Gasteiger partial charge in [0.25, 0.3) is 22.6 Å². The van der Waals surface area contributed by atoms with Gasteiger partial charge in [0.15, 0.2) is 40.6 Å². The second kappa shape index (κ2) is 23.2. The van der Waals surface area contributed by atoms with E-state index in [1.165, 1.54) is 35.2 Å². The van der Waals surface area contributed by atoms with Gasteiger partial charge in [0.2, 0.25) is 24.5 Å². The van der Waals surface area contributed by atoms with Gasteiger partial charge in [-0.05, 0) is 18.1 Å². The summed E-state index contributed by atoms with van der Waals surface area (Å²) in [4.78, 5) is 86.2. The molecule has 83 heavy (non-hydrogen) atoms. The number of aromatic nitrogens is 12. The lowest BCUT2D eigenvalue weighted by molar-refractivity contribution is -0.646. The number of nitrogens with one attached hydrogen (secondary N) is 2. The van der Waals surface area contributed by atoms with Crippen molar-refractivity contribution in [1.82, 2.24) is 53.6 Å². The van der Waals surface area contributed by atoms with Gasteiger partial charge in [-0.1, -0.05) is 24.3 Å². The summed E-state index contributed by atoms with van der Waals surface area (Å²) < 4.78 is 110. The molecule has 7 aromatic rings. The molecule has 3 aliphatic heterocycles. The van der Waals surface area contributed by atoms with Crippen LogP contribution in [0.25, 0.3) is 33.5 Å². The largest absolute Gasteiger partial charge is 0.490 e. The van der Waals surface area contributed by atoms with Crippen LogP contribution in [-0.2, 0) is 77.5 Å². The Morgan fingerprint density at radius 1 is 0.699 bits per heavy atom. The van der Waals surface area contributed by atoms with Gasteiger partial charge in [-0.25, -0.2) is 42.8 Å². The molecule has 1 aromatic carbocycles. The number of nitrogens with two attached hydrogens (primary N) is 2. The third kappa shape index (κ3) is 12.5. The Morgan fingerprint density at radius 2 is 1.28 bits per heavy atom. The Balaban J connectivity index is 0.831. The van der Waals surface area contributed by atoms with Crippen molar-refractivity contribution in [3.63, 3.8) is 0 Å². The Bertz CT molecular complexity index is 3840. The fourth-order valence-electron chi connectivity index (χ4n) is 9.36. The lowest BCUT2D eigenvalue weighted by Gasteiger charge is -2.26. The van der Waals surface area contributed by atoms with E-state index in [0.29, 0.717) is 6.54 Å². The molecule has 0 radical (unpaired) electrons. The maximum absolute atomic E-state index is 13.9. The molecule has 10 rings (SSSR count). The van der Waals surface area contributed by atoms with Gasteiger partial charge in [-0.2, -0.15) is 28.1 Å². The van der Waals surface area contributed by atoms with Crippen LogP contribution in [0.15, 0.2) is 54.4 Å². The number of benzene rings is 1. The molecule has 0 amide bonds. The van der Waals surface area contributed by atoms with Crippen molar-refractivity contribution >= 4 is 82.5 Å². The van der Waals surface area contributed by atoms with Crippen LogP contribution in [0.2, 0.25) is 0 Å². The number of hydrogen-bond donors (Lipinski definition) is 13. The first-order valence-electron chi connectivity index (χ1n) is 24.1. The molecular weight excluding hydrogens is 1200 g/mol. The summed E-state index contributed by atoms with van der Waals surface area (Å²) in [6, 6.07) is 7.53. The number of aliphatic hydroxyl groups excluding tert-OH is 4. The number of imidazole rings is 3. The Hall–Kier alpha value is -5.93. The fourth-order valence-corrected chi connectivity index (χ4v) is 13.8.